The summed E-state index contributed by atoms with van der Waals surface area (Å²) in [6, 6.07) is 11.6. The average Bonchev–Trinajstić information content (AvgIpc) is 3.37. The van der Waals surface area contributed by atoms with Gasteiger partial charge in [0.05, 0.1) is 5.52 Å². The quantitative estimate of drug-likeness (QED) is 0.386. The van der Waals surface area contributed by atoms with E-state index in [0.717, 1.165) is 35.8 Å². The molecule has 4 aromatic rings. The van der Waals surface area contributed by atoms with Crippen LogP contribution in [0.25, 0.3) is 27.7 Å². The number of aryl methyl sites for hydroxylation is 4. The van der Waals surface area contributed by atoms with E-state index >= 15 is 0 Å². The third-order valence-electron chi connectivity index (χ3n) is 6.72. The SMILES string of the molecule is Cc1cc(C)c(-c2c3nc(C)nc(NCCNC4CCCC4)c3n3ccccc23)c(C)c1. The number of nitrogens with zero attached hydrogens (tertiary/aromatic N) is 3. The fourth-order valence-electron chi connectivity index (χ4n) is 5.46. The second kappa shape index (κ2) is 8.55. The predicted molar refractivity (Wildman–Crippen MR) is 134 cm³/mol. The van der Waals surface area contributed by atoms with Crippen LogP contribution in [0.1, 0.15) is 48.2 Å². The zero-order chi connectivity index (χ0) is 22.2. The normalized spacial score (nSPS) is 14.6. The largest absolute Gasteiger partial charge is 0.367 e. The molecule has 0 amide bonds. The molecule has 3 aromatic heterocycles. The van der Waals surface area contributed by atoms with E-state index in [0.29, 0.717) is 6.04 Å². The fraction of sp³-hybridized carbons (Fsp3) is 0.407. The first-order valence-electron chi connectivity index (χ1n) is 11.9. The molecule has 2 N–H and O–H groups in total. The van der Waals surface area contributed by atoms with E-state index in [1.54, 1.807) is 0 Å². The Balaban J connectivity index is 1.61. The Kier molecular flexibility index (Phi) is 5.60. The van der Waals surface area contributed by atoms with Gasteiger partial charge in [0.1, 0.15) is 16.9 Å². The van der Waals surface area contributed by atoms with Gasteiger partial charge in [0, 0.05) is 30.9 Å². The van der Waals surface area contributed by atoms with E-state index in [1.807, 2.05) is 6.92 Å². The molecule has 0 aliphatic heterocycles. The third-order valence-corrected chi connectivity index (χ3v) is 6.72. The molecule has 1 aliphatic rings. The molecule has 32 heavy (non-hydrogen) atoms. The first-order chi connectivity index (χ1) is 15.5. The van der Waals surface area contributed by atoms with Crippen LogP contribution >= 0.6 is 0 Å². The van der Waals surface area contributed by atoms with Gasteiger partial charge in [-0.15, -0.1) is 0 Å². The maximum absolute atomic E-state index is 4.96. The lowest BCUT2D eigenvalue weighted by Gasteiger charge is -2.13. The van der Waals surface area contributed by atoms with Crippen LogP contribution in [0.3, 0.4) is 0 Å². The Hall–Kier alpha value is -2.92. The molecule has 166 valence electrons. The summed E-state index contributed by atoms with van der Waals surface area (Å²) in [6.07, 6.45) is 7.44. The molecule has 0 bridgehead atoms. The maximum atomic E-state index is 4.96. The number of hydrogen-bond donors (Lipinski definition) is 2. The number of nitrogens with one attached hydrogen (secondary N) is 2. The van der Waals surface area contributed by atoms with Crippen LogP contribution in [0.5, 0.6) is 0 Å². The number of anilines is 1. The van der Waals surface area contributed by atoms with Gasteiger partial charge in [-0.1, -0.05) is 36.6 Å². The summed E-state index contributed by atoms with van der Waals surface area (Å²) in [4.78, 5) is 9.77. The molecule has 0 atom stereocenters. The molecule has 0 spiro atoms. The summed E-state index contributed by atoms with van der Waals surface area (Å²) in [5.41, 5.74) is 9.59. The van der Waals surface area contributed by atoms with Crippen molar-refractivity contribution in [3.63, 3.8) is 0 Å². The van der Waals surface area contributed by atoms with Crippen LogP contribution in [0.4, 0.5) is 5.82 Å². The van der Waals surface area contributed by atoms with E-state index in [1.165, 1.54) is 59.0 Å². The van der Waals surface area contributed by atoms with Crippen molar-refractivity contribution < 1.29 is 0 Å². The molecule has 0 radical (unpaired) electrons. The third kappa shape index (κ3) is 3.75. The Bertz CT molecular complexity index is 1260. The van der Waals surface area contributed by atoms with Crippen LogP contribution in [0.2, 0.25) is 0 Å². The van der Waals surface area contributed by atoms with Crippen molar-refractivity contribution in [2.45, 2.75) is 59.4 Å². The van der Waals surface area contributed by atoms with Crippen molar-refractivity contribution in [2.24, 2.45) is 0 Å². The van der Waals surface area contributed by atoms with E-state index < -0.39 is 0 Å². The minimum absolute atomic E-state index is 0.678. The summed E-state index contributed by atoms with van der Waals surface area (Å²) in [6.45, 7) is 10.3. The topological polar surface area (TPSA) is 54.2 Å². The molecule has 0 saturated heterocycles. The highest BCUT2D eigenvalue weighted by molar-refractivity contribution is 6.08. The summed E-state index contributed by atoms with van der Waals surface area (Å²) < 4.78 is 2.25. The minimum atomic E-state index is 0.678. The van der Waals surface area contributed by atoms with Crippen molar-refractivity contribution in [2.75, 3.05) is 18.4 Å². The molecular weight excluding hydrogens is 394 g/mol. The van der Waals surface area contributed by atoms with E-state index in [9.17, 15) is 0 Å². The van der Waals surface area contributed by atoms with E-state index in [2.05, 4.69) is 72.3 Å². The Morgan fingerprint density at radius 1 is 0.938 bits per heavy atom. The van der Waals surface area contributed by atoms with Crippen molar-refractivity contribution in [3.8, 4) is 11.1 Å². The highest BCUT2D eigenvalue weighted by Gasteiger charge is 2.21. The molecule has 0 unspecified atom stereocenters. The standard InChI is InChI=1S/C27H33N5/c1-17-15-18(2)23(19(3)16-17)24-22-11-7-8-14-32(22)26-25(24)30-20(4)31-27(26)29-13-12-28-21-9-5-6-10-21/h7-8,11,14-16,21,28H,5-6,9-10,12-13H2,1-4H3,(H,29,30,31). The highest BCUT2D eigenvalue weighted by Crippen LogP contribution is 2.40. The second-order valence-corrected chi connectivity index (χ2v) is 9.28. The van der Waals surface area contributed by atoms with Crippen LogP contribution < -0.4 is 10.6 Å². The Morgan fingerprint density at radius 2 is 1.69 bits per heavy atom. The molecule has 5 rings (SSSR count). The number of benzene rings is 1. The van der Waals surface area contributed by atoms with Crippen LogP contribution in [0.15, 0.2) is 36.5 Å². The fourth-order valence-corrected chi connectivity index (χ4v) is 5.46. The van der Waals surface area contributed by atoms with Crippen molar-refractivity contribution >= 4 is 22.4 Å². The lowest BCUT2D eigenvalue weighted by atomic mass is 9.93. The van der Waals surface area contributed by atoms with Crippen molar-refractivity contribution in [3.05, 3.63) is 59.0 Å². The van der Waals surface area contributed by atoms with Crippen LogP contribution in [-0.2, 0) is 0 Å². The summed E-state index contributed by atoms with van der Waals surface area (Å²) >= 11 is 0. The molecule has 1 saturated carbocycles. The van der Waals surface area contributed by atoms with Gasteiger partial charge < -0.3 is 15.0 Å². The molecule has 1 fully saturated rings. The predicted octanol–water partition coefficient (Wildman–Crippen LogP) is 5.73. The first kappa shape index (κ1) is 21.0. The lowest BCUT2D eigenvalue weighted by molar-refractivity contribution is 0.536. The van der Waals surface area contributed by atoms with E-state index in [-0.39, 0.29) is 0 Å². The van der Waals surface area contributed by atoms with Gasteiger partial charge in [-0.05, 0) is 69.4 Å². The number of pyridine rings is 1. The molecule has 1 aromatic carbocycles. The molecule has 5 heteroatoms. The summed E-state index contributed by atoms with van der Waals surface area (Å²) in [5, 5.41) is 7.30. The van der Waals surface area contributed by atoms with Crippen molar-refractivity contribution in [1.29, 1.82) is 0 Å². The van der Waals surface area contributed by atoms with Gasteiger partial charge in [0.2, 0.25) is 0 Å². The van der Waals surface area contributed by atoms with Gasteiger partial charge in [0.25, 0.3) is 0 Å². The zero-order valence-corrected chi connectivity index (χ0v) is 19.6. The van der Waals surface area contributed by atoms with E-state index in [4.69, 9.17) is 9.97 Å². The number of rotatable bonds is 6. The van der Waals surface area contributed by atoms with Crippen LogP contribution in [0, 0.1) is 27.7 Å². The smallest absolute Gasteiger partial charge is 0.154 e. The van der Waals surface area contributed by atoms with Gasteiger partial charge in [0.15, 0.2) is 5.82 Å². The minimum Gasteiger partial charge on any atom is -0.367 e. The van der Waals surface area contributed by atoms with Gasteiger partial charge in [-0.25, -0.2) is 9.97 Å². The number of aromatic nitrogens is 3. The first-order valence-corrected chi connectivity index (χ1v) is 11.9. The Morgan fingerprint density at radius 3 is 2.44 bits per heavy atom. The maximum Gasteiger partial charge on any atom is 0.154 e. The van der Waals surface area contributed by atoms with Crippen LogP contribution in [-0.4, -0.2) is 33.5 Å². The van der Waals surface area contributed by atoms with Gasteiger partial charge >= 0.3 is 0 Å². The molecule has 3 heterocycles. The lowest BCUT2D eigenvalue weighted by Crippen LogP contribution is -2.30. The zero-order valence-electron chi connectivity index (χ0n) is 19.6. The summed E-state index contributed by atoms with van der Waals surface area (Å²) in [5.74, 6) is 1.71. The highest BCUT2D eigenvalue weighted by atomic mass is 15.1. The monoisotopic (exact) mass is 427 g/mol. The Labute approximate surface area is 190 Å². The van der Waals surface area contributed by atoms with Gasteiger partial charge in [-0.3, -0.25) is 0 Å². The second-order valence-electron chi connectivity index (χ2n) is 9.28. The molecule has 1 aliphatic carbocycles. The summed E-state index contributed by atoms with van der Waals surface area (Å²) in [7, 11) is 0. The molecule has 5 nitrogen and oxygen atoms in total. The average molecular weight is 428 g/mol. The van der Waals surface area contributed by atoms with Crippen molar-refractivity contribution in [1.82, 2.24) is 19.7 Å². The van der Waals surface area contributed by atoms with Gasteiger partial charge in [-0.2, -0.15) is 0 Å². The number of fused-ring (bicyclic) bond motifs is 3. The molecular formula is C27H33N5. The number of hydrogen-bond acceptors (Lipinski definition) is 4.